The maximum atomic E-state index is 13.2. The molecule has 31 heavy (non-hydrogen) atoms. The van der Waals surface area contributed by atoms with Gasteiger partial charge in [0.05, 0.1) is 0 Å². The number of para-hydroxylation sites is 1. The van der Waals surface area contributed by atoms with E-state index in [0.29, 0.717) is 16.8 Å². The van der Waals surface area contributed by atoms with Crippen LogP contribution in [-0.4, -0.2) is 35.0 Å². The van der Waals surface area contributed by atoms with Crippen molar-refractivity contribution in [2.75, 3.05) is 5.73 Å². The van der Waals surface area contributed by atoms with Gasteiger partial charge in [0.2, 0.25) is 0 Å². The van der Waals surface area contributed by atoms with Crippen molar-refractivity contribution in [2.24, 2.45) is 5.73 Å². The second kappa shape index (κ2) is 10.2. The van der Waals surface area contributed by atoms with Crippen molar-refractivity contribution in [3.63, 3.8) is 0 Å². The van der Waals surface area contributed by atoms with Crippen molar-refractivity contribution in [1.29, 1.82) is 0 Å². The highest BCUT2D eigenvalue weighted by atomic mass is 19.3. The molecule has 2 atom stereocenters. The first kappa shape index (κ1) is 23.4. The number of carbonyl (C=O) groups excluding carboxylic acids is 2. The van der Waals surface area contributed by atoms with E-state index in [-0.39, 0.29) is 5.56 Å². The van der Waals surface area contributed by atoms with Crippen LogP contribution in [0.25, 0.3) is 0 Å². The molecule has 0 bridgehead atoms. The summed E-state index contributed by atoms with van der Waals surface area (Å²) in [4.78, 5) is 24.1. The fourth-order valence-corrected chi connectivity index (χ4v) is 2.43. The highest BCUT2D eigenvalue weighted by molar-refractivity contribution is 5.98. The number of nitrogens with two attached hydrogens (primary N) is 2. The number of benzene rings is 2. The third kappa shape index (κ3) is 6.03. The molecule has 0 aromatic heterocycles. The molecule has 0 heterocycles. The molecule has 0 radical (unpaired) electrons. The van der Waals surface area contributed by atoms with Crippen molar-refractivity contribution in [3.8, 4) is 23.7 Å². The van der Waals surface area contributed by atoms with Crippen LogP contribution < -0.4 is 22.3 Å². The van der Waals surface area contributed by atoms with Crippen molar-refractivity contribution >= 4 is 17.5 Å². The average Bonchev–Trinajstić information content (AvgIpc) is 2.75. The van der Waals surface area contributed by atoms with Crippen molar-refractivity contribution < 1.29 is 23.6 Å². The lowest BCUT2D eigenvalue weighted by atomic mass is 9.92. The molecule has 2 rings (SSSR count). The minimum Gasteiger partial charge on any atom is -0.398 e. The lowest BCUT2D eigenvalue weighted by molar-refractivity contribution is -0.134. The summed E-state index contributed by atoms with van der Waals surface area (Å²) < 4.78 is 26.3. The summed E-state index contributed by atoms with van der Waals surface area (Å²) in [5.74, 6) is 8.87. The number of amides is 2. The highest BCUT2D eigenvalue weighted by Gasteiger charge is 2.44. The summed E-state index contributed by atoms with van der Waals surface area (Å²) in [6, 6.07) is 11.1. The predicted octanol–water partition coefficient (Wildman–Crippen LogP) is 1.26. The fraction of sp³-hybridized carbons (Fsp3) is 0.182. The number of carbonyl (C=O) groups is 2. The van der Waals surface area contributed by atoms with E-state index in [1.165, 1.54) is 29.7 Å². The van der Waals surface area contributed by atoms with Gasteiger partial charge in [0.15, 0.2) is 0 Å². The Kier molecular flexibility index (Phi) is 7.70. The number of hydrogen-bond acceptors (Lipinski definition) is 5. The van der Waals surface area contributed by atoms with Gasteiger partial charge < -0.3 is 16.8 Å². The second-order valence-electron chi connectivity index (χ2n) is 6.71. The largest absolute Gasteiger partial charge is 0.398 e. The first-order valence-corrected chi connectivity index (χ1v) is 8.95. The Morgan fingerprint density at radius 1 is 1.06 bits per heavy atom. The SMILES string of the molecule is CC(N)(C(F)F)[C@H](NC(=O)c1ccc(C#CC#Cc2ccccc2N)cc1)C(=O)NO. The van der Waals surface area contributed by atoms with Crippen LogP contribution in [0.3, 0.4) is 0 Å². The average molecular weight is 426 g/mol. The summed E-state index contributed by atoms with van der Waals surface area (Å²) in [5, 5.41) is 10.9. The Morgan fingerprint density at radius 3 is 2.26 bits per heavy atom. The summed E-state index contributed by atoms with van der Waals surface area (Å²) in [7, 11) is 0. The third-order valence-electron chi connectivity index (χ3n) is 4.31. The lowest BCUT2D eigenvalue weighted by Gasteiger charge is -2.32. The Bertz CT molecular complexity index is 1080. The maximum absolute atomic E-state index is 13.2. The molecule has 160 valence electrons. The first-order chi connectivity index (χ1) is 14.7. The summed E-state index contributed by atoms with van der Waals surface area (Å²) in [6.07, 6.45) is -3.14. The third-order valence-corrected chi connectivity index (χ3v) is 4.31. The van der Waals surface area contributed by atoms with Crippen LogP contribution in [0.2, 0.25) is 0 Å². The van der Waals surface area contributed by atoms with Gasteiger partial charge in [-0.1, -0.05) is 24.0 Å². The number of alkyl halides is 2. The molecular weight excluding hydrogens is 406 g/mol. The van der Waals surface area contributed by atoms with Gasteiger partial charge in [-0.05, 0) is 55.2 Å². The van der Waals surface area contributed by atoms with Crippen LogP contribution in [0, 0.1) is 23.7 Å². The van der Waals surface area contributed by atoms with Crippen LogP contribution in [-0.2, 0) is 4.79 Å². The van der Waals surface area contributed by atoms with Crippen molar-refractivity contribution in [3.05, 3.63) is 65.2 Å². The van der Waals surface area contributed by atoms with Gasteiger partial charge in [-0.15, -0.1) is 0 Å². The normalized spacial score (nSPS) is 13.0. The van der Waals surface area contributed by atoms with Crippen LogP contribution in [0.5, 0.6) is 0 Å². The molecule has 2 aromatic rings. The zero-order chi connectivity index (χ0) is 23.0. The quantitative estimate of drug-likeness (QED) is 0.213. The van der Waals surface area contributed by atoms with Gasteiger partial charge in [-0.2, -0.15) is 0 Å². The molecule has 0 aliphatic rings. The van der Waals surface area contributed by atoms with E-state index in [2.05, 4.69) is 29.0 Å². The molecule has 7 nitrogen and oxygen atoms in total. The molecule has 0 spiro atoms. The number of anilines is 1. The minimum absolute atomic E-state index is 0.0782. The van der Waals surface area contributed by atoms with E-state index in [4.69, 9.17) is 16.7 Å². The number of halogens is 2. The van der Waals surface area contributed by atoms with Crippen LogP contribution in [0.4, 0.5) is 14.5 Å². The standard InChI is InChI=1S/C22H20F2N4O3/c1-22(26,21(23)24)18(20(30)28-31)27-19(29)16-12-10-14(11-13-16)6-2-3-7-15-8-4-5-9-17(15)25/h4-5,8-13,18,21,31H,25-26H2,1H3,(H,27,29)(H,28,30)/t18-,22?/m1/s1. The first-order valence-electron chi connectivity index (χ1n) is 8.95. The van der Waals surface area contributed by atoms with E-state index >= 15 is 0 Å². The van der Waals surface area contributed by atoms with E-state index in [1.54, 1.807) is 24.3 Å². The zero-order valence-electron chi connectivity index (χ0n) is 16.4. The molecule has 7 N–H and O–H groups in total. The summed E-state index contributed by atoms with van der Waals surface area (Å²) in [5.41, 5.74) is 11.9. The van der Waals surface area contributed by atoms with Crippen molar-refractivity contribution in [2.45, 2.75) is 24.9 Å². The zero-order valence-corrected chi connectivity index (χ0v) is 16.4. The van der Waals surface area contributed by atoms with Crippen LogP contribution in [0.15, 0.2) is 48.5 Å². The van der Waals surface area contributed by atoms with E-state index in [1.807, 2.05) is 0 Å². The molecule has 0 saturated heterocycles. The number of nitrogens with one attached hydrogen (secondary N) is 2. The molecule has 0 aliphatic carbocycles. The minimum atomic E-state index is -3.14. The van der Waals surface area contributed by atoms with Gasteiger partial charge in [0.25, 0.3) is 18.2 Å². The molecule has 0 saturated carbocycles. The number of hydrogen-bond donors (Lipinski definition) is 5. The van der Waals surface area contributed by atoms with Gasteiger partial charge in [0.1, 0.15) is 11.6 Å². The highest BCUT2D eigenvalue weighted by Crippen LogP contribution is 2.18. The molecule has 2 amide bonds. The smallest absolute Gasteiger partial charge is 0.268 e. The number of rotatable bonds is 5. The van der Waals surface area contributed by atoms with Gasteiger partial charge in [-0.3, -0.25) is 14.8 Å². The predicted molar refractivity (Wildman–Crippen MR) is 111 cm³/mol. The molecular formula is C22H20F2N4O3. The Hall–Kier alpha value is -3.92. The van der Waals surface area contributed by atoms with Gasteiger partial charge in [0, 0.05) is 22.4 Å². The maximum Gasteiger partial charge on any atom is 0.268 e. The number of hydroxylamine groups is 1. The molecule has 0 aliphatic heterocycles. The van der Waals surface area contributed by atoms with E-state index in [0.717, 1.165) is 6.92 Å². The Labute approximate surface area is 177 Å². The summed E-state index contributed by atoms with van der Waals surface area (Å²) >= 11 is 0. The lowest BCUT2D eigenvalue weighted by Crippen LogP contribution is -2.66. The Balaban J connectivity index is 2.12. The van der Waals surface area contributed by atoms with Crippen LogP contribution >= 0.6 is 0 Å². The summed E-state index contributed by atoms with van der Waals surface area (Å²) in [6.45, 7) is 0.890. The molecule has 1 unspecified atom stereocenters. The van der Waals surface area contributed by atoms with Gasteiger partial charge >= 0.3 is 0 Å². The van der Waals surface area contributed by atoms with Crippen LogP contribution in [0.1, 0.15) is 28.4 Å². The molecule has 2 aromatic carbocycles. The van der Waals surface area contributed by atoms with E-state index in [9.17, 15) is 18.4 Å². The van der Waals surface area contributed by atoms with Crippen molar-refractivity contribution in [1.82, 2.24) is 10.8 Å². The molecule has 0 fully saturated rings. The van der Waals surface area contributed by atoms with Gasteiger partial charge in [-0.25, -0.2) is 14.3 Å². The number of nitrogen functional groups attached to an aromatic ring is 1. The Morgan fingerprint density at radius 2 is 1.68 bits per heavy atom. The fourth-order valence-electron chi connectivity index (χ4n) is 2.43. The van der Waals surface area contributed by atoms with E-state index < -0.39 is 29.8 Å². The topological polar surface area (TPSA) is 130 Å². The molecule has 9 heteroatoms. The monoisotopic (exact) mass is 426 g/mol. The second-order valence-corrected chi connectivity index (χ2v) is 6.71.